The van der Waals surface area contributed by atoms with Crippen LogP contribution in [-0.4, -0.2) is 24.0 Å². The molecule has 0 aliphatic rings. The fourth-order valence-corrected chi connectivity index (χ4v) is 3.43. The van der Waals surface area contributed by atoms with Crippen LogP contribution in [0.2, 0.25) is 10.0 Å². The lowest BCUT2D eigenvalue weighted by Gasteiger charge is -2.07. The van der Waals surface area contributed by atoms with Gasteiger partial charge in [0.25, 0.3) is 11.8 Å². The summed E-state index contributed by atoms with van der Waals surface area (Å²) in [7, 11) is 0. The molecule has 0 atom stereocenters. The van der Waals surface area contributed by atoms with E-state index in [-0.39, 0.29) is 11.5 Å². The summed E-state index contributed by atoms with van der Waals surface area (Å²) in [6, 6.07) is 20.9. The van der Waals surface area contributed by atoms with E-state index >= 15 is 0 Å². The van der Waals surface area contributed by atoms with Crippen LogP contribution in [0.15, 0.2) is 101 Å². The molecule has 0 aliphatic carbocycles. The quantitative estimate of drug-likeness (QED) is 0.0893. The minimum atomic E-state index is -0.611. The molecular weight excluding hydrogens is 529 g/mol. The number of ether oxygens (including phenoxy) is 1. The molecule has 3 aromatic carbocycles. The molecule has 1 heterocycles. The first kappa shape index (κ1) is 26.4. The SMILES string of the molecule is O=C(/C=C/c1ccc(Cl)cc1)Oc1ccc(Cl)cc1/C=N/NC(=O)c1ccc(NC(=O)c2ccco2)cc1. The number of hydrazone groups is 1. The Morgan fingerprint density at radius 3 is 2.32 bits per heavy atom. The van der Waals surface area contributed by atoms with Gasteiger partial charge in [-0.1, -0.05) is 35.3 Å². The van der Waals surface area contributed by atoms with Crippen molar-refractivity contribution in [2.45, 2.75) is 0 Å². The summed E-state index contributed by atoms with van der Waals surface area (Å²) in [5.41, 5.74) is 4.35. The maximum absolute atomic E-state index is 12.5. The molecule has 0 saturated heterocycles. The van der Waals surface area contributed by atoms with Crippen LogP contribution in [0.5, 0.6) is 5.75 Å². The number of amides is 2. The molecule has 8 nitrogen and oxygen atoms in total. The summed E-state index contributed by atoms with van der Waals surface area (Å²) in [5, 5.41) is 7.59. The second kappa shape index (κ2) is 12.5. The zero-order chi connectivity index (χ0) is 26.9. The van der Waals surface area contributed by atoms with E-state index in [1.165, 1.54) is 36.8 Å². The molecule has 0 spiro atoms. The van der Waals surface area contributed by atoms with Crippen molar-refractivity contribution in [2.75, 3.05) is 5.32 Å². The minimum Gasteiger partial charge on any atom is -0.459 e. The molecule has 0 radical (unpaired) electrons. The summed E-state index contributed by atoms with van der Waals surface area (Å²) >= 11 is 11.9. The van der Waals surface area contributed by atoms with E-state index in [2.05, 4.69) is 15.8 Å². The lowest BCUT2D eigenvalue weighted by molar-refractivity contribution is -0.128. The zero-order valence-electron chi connectivity index (χ0n) is 19.6. The molecule has 0 aliphatic heterocycles. The highest BCUT2D eigenvalue weighted by Gasteiger charge is 2.11. The maximum Gasteiger partial charge on any atom is 0.336 e. The minimum absolute atomic E-state index is 0.171. The van der Waals surface area contributed by atoms with Crippen molar-refractivity contribution < 1.29 is 23.5 Å². The molecule has 2 N–H and O–H groups in total. The van der Waals surface area contributed by atoms with Crippen molar-refractivity contribution in [3.05, 3.63) is 124 Å². The van der Waals surface area contributed by atoms with Gasteiger partial charge in [-0.25, -0.2) is 10.2 Å². The molecule has 0 saturated carbocycles. The predicted octanol–water partition coefficient (Wildman–Crippen LogP) is 6.22. The van der Waals surface area contributed by atoms with Crippen molar-refractivity contribution in [1.29, 1.82) is 0 Å². The normalized spacial score (nSPS) is 11.0. The number of benzene rings is 3. The summed E-state index contributed by atoms with van der Waals surface area (Å²) in [4.78, 5) is 36.8. The summed E-state index contributed by atoms with van der Waals surface area (Å²) in [6.07, 6.45) is 5.59. The molecule has 1 aromatic heterocycles. The standard InChI is InChI=1S/C28H19Cl2N3O5/c29-21-8-3-18(4-9-21)5-14-26(34)38-24-13-10-22(30)16-20(24)17-31-33-27(35)19-6-11-23(12-7-19)32-28(36)25-2-1-15-37-25/h1-17H,(H,32,36)(H,33,35)/b14-5+,31-17+. The van der Waals surface area contributed by atoms with E-state index < -0.39 is 17.8 Å². The lowest BCUT2D eigenvalue weighted by atomic mass is 10.2. The fourth-order valence-electron chi connectivity index (χ4n) is 3.12. The molecule has 4 aromatic rings. The van der Waals surface area contributed by atoms with Crippen molar-refractivity contribution in [1.82, 2.24) is 5.43 Å². The van der Waals surface area contributed by atoms with Crippen LogP contribution in [0, 0.1) is 0 Å². The van der Waals surface area contributed by atoms with E-state index in [4.69, 9.17) is 32.4 Å². The van der Waals surface area contributed by atoms with Crippen molar-refractivity contribution in [3.8, 4) is 5.75 Å². The second-order valence-electron chi connectivity index (χ2n) is 7.70. The van der Waals surface area contributed by atoms with Crippen LogP contribution in [0.3, 0.4) is 0 Å². The van der Waals surface area contributed by atoms with Crippen LogP contribution in [0.1, 0.15) is 32.0 Å². The Balaban J connectivity index is 1.36. The Morgan fingerprint density at radius 2 is 1.61 bits per heavy atom. The number of hydrogen-bond donors (Lipinski definition) is 2. The van der Waals surface area contributed by atoms with Crippen LogP contribution in [0.4, 0.5) is 5.69 Å². The van der Waals surface area contributed by atoms with Crippen LogP contribution in [-0.2, 0) is 4.79 Å². The number of anilines is 1. The Bertz CT molecular complexity index is 1500. The monoisotopic (exact) mass is 547 g/mol. The van der Waals surface area contributed by atoms with Gasteiger partial charge >= 0.3 is 5.97 Å². The van der Waals surface area contributed by atoms with Gasteiger partial charge < -0.3 is 14.5 Å². The third-order valence-electron chi connectivity index (χ3n) is 4.98. The third-order valence-corrected chi connectivity index (χ3v) is 5.47. The topological polar surface area (TPSA) is 110 Å². The van der Waals surface area contributed by atoms with Crippen molar-refractivity contribution in [3.63, 3.8) is 0 Å². The number of rotatable bonds is 8. The summed E-state index contributed by atoms with van der Waals surface area (Å²) in [5.74, 6) is -1.13. The summed E-state index contributed by atoms with van der Waals surface area (Å²) in [6.45, 7) is 0. The average molecular weight is 548 g/mol. The summed E-state index contributed by atoms with van der Waals surface area (Å²) < 4.78 is 10.5. The number of halogens is 2. The second-order valence-corrected chi connectivity index (χ2v) is 8.57. The zero-order valence-corrected chi connectivity index (χ0v) is 21.1. The van der Waals surface area contributed by atoms with E-state index in [0.717, 1.165) is 5.56 Å². The number of esters is 1. The van der Waals surface area contributed by atoms with Crippen LogP contribution >= 0.6 is 23.2 Å². The van der Waals surface area contributed by atoms with Gasteiger partial charge in [-0.3, -0.25) is 9.59 Å². The highest BCUT2D eigenvalue weighted by atomic mass is 35.5. The fraction of sp³-hybridized carbons (Fsp3) is 0. The molecule has 38 heavy (non-hydrogen) atoms. The van der Waals surface area contributed by atoms with Gasteiger partial charge in [-0.15, -0.1) is 0 Å². The Morgan fingerprint density at radius 1 is 0.868 bits per heavy atom. The number of nitrogens with one attached hydrogen (secondary N) is 2. The van der Waals surface area contributed by atoms with Gasteiger partial charge in [0.15, 0.2) is 5.76 Å². The molecule has 10 heteroatoms. The highest BCUT2D eigenvalue weighted by molar-refractivity contribution is 6.31. The first-order valence-electron chi connectivity index (χ1n) is 11.1. The van der Waals surface area contributed by atoms with E-state index in [0.29, 0.717) is 26.9 Å². The van der Waals surface area contributed by atoms with E-state index in [9.17, 15) is 14.4 Å². The predicted molar refractivity (Wildman–Crippen MR) is 146 cm³/mol. The van der Waals surface area contributed by atoms with Crippen molar-refractivity contribution >= 4 is 59.0 Å². The molecule has 4 rings (SSSR count). The highest BCUT2D eigenvalue weighted by Crippen LogP contribution is 2.22. The third kappa shape index (κ3) is 7.42. The van der Waals surface area contributed by atoms with Gasteiger partial charge in [-0.2, -0.15) is 5.10 Å². The molecule has 0 fully saturated rings. The van der Waals surface area contributed by atoms with E-state index in [1.807, 2.05) is 0 Å². The molecule has 190 valence electrons. The van der Waals surface area contributed by atoms with E-state index in [1.54, 1.807) is 66.7 Å². The molecule has 2 amide bonds. The van der Waals surface area contributed by atoms with Gasteiger partial charge in [0.2, 0.25) is 0 Å². The van der Waals surface area contributed by atoms with Gasteiger partial charge in [0.1, 0.15) is 5.75 Å². The van der Waals surface area contributed by atoms with Gasteiger partial charge in [0.05, 0.1) is 12.5 Å². The van der Waals surface area contributed by atoms with Crippen LogP contribution in [0.25, 0.3) is 6.08 Å². The van der Waals surface area contributed by atoms with Gasteiger partial charge in [0, 0.05) is 32.9 Å². The number of hydrogen-bond acceptors (Lipinski definition) is 6. The first-order valence-corrected chi connectivity index (χ1v) is 11.9. The molecule has 0 unspecified atom stereocenters. The Kier molecular flexibility index (Phi) is 8.71. The average Bonchev–Trinajstić information content (AvgIpc) is 3.46. The van der Waals surface area contributed by atoms with Crippen LogP contribution < -0.4 is 15.5 Å². The smallest absolute Gasteiger partial charge is 0.336 e. The number of furan rings is 1. The maximum atomic E-state index is 12.5. The van der Waals surface area contributed by atoms with Gasteiger partial charge in [-0.05, 0) is 78.4 Å². The van der Waals surface area contributed by atoms with Crippen molar-refractivity contribution in [2.24, 2.45) is 5.10 Å². The number of nitrogens with zero attached hydrogens (tertiary/aromatic N) is 1. The Hall–Kier alpha value is -4.66. The number of carbonyl (C=O) groups excluding carboxylic acids is 3. The first-order chi connectivity index (χ1) is 18.4. The molecular formula is C28H19Cl2N3O5. The largest absolute Gasteiger partial charge is 0.459 e. The molecule has 0 bridgehead atoms. The number of carbonyl (C=O) groups is 3. The Labute approximate surface area is 227 Å². The lowest BCUT2D eigenvalue weighted by Crippen LogP contribution is -2.18.